The Labute approximate surface area is 298 Å². The topological polar surface area (TPSA) is 197 Å². The standard InChI is InChI=1S/C30H54O12.K.H/c1-2-3-4-5-6-7-8-9-10-11-12-13-14-15-16-17-26(35)42-28(37)19-30(39,29(38)41-23-25(34)21-32)18-27(36)40-22-24(33)20-31;;/h24-25,31-34,39H,2-23H2,1H3;;. The Balaban J connectivity index is 0. The molecule has 43 heavy (non-hydrogen) atoms. The minimum absolute atomic E-state index is 0. The Morgan fingerprint density at radius 3 is 1.44 bits per heavy atom. The van der Waals surface area contributed by atoms with Gasteiger partial charge in [0.1, 0.15) is 25.4 Å². The molecule has 0 saturated carbocycles. The Bertz CT molecular complexity index is 751. The number of hydrogen-bond donors (Lipinski definition) is 5. The van der Waals surface area contributed by atoms with Crippen LogP contribution in [0.2, 0.25) is 0 Å². The first kappa shape index (κ1) is 44.6. The zero-order valence-corrected chi connectivity index (χ0v) is 25.3. The summed E-state index contributed by atoms with van der Waals surface area (Å²) in [4.78, 5) is 48.9. The van der Waals surface area contributed by atoms with Gasteiger partial charge >= 0.3 is 75.3 Å². The summed E-state index contributed by atoms with van der Waals surface area (Å²) in [6.45, 7) is -0.589. The molecule has 0 fully saturated rings. The van der Waals surface area contributed by atoms with Crippen LogP contribution in [0.4, 0.5) is 0 Å². The van der Waals surface area contributed by atoms with E-state index in [2.05, 4.69) is 16.4 Å². The van der Waals surface area contributed by atoms with E-state index in [1.165, 1.54) is 64.2 Å². The summed E-state index contributed by atoms with van der Waals surface area (Å²) in [6.07, 6.45) is 12.3. The van der Waals surface area contributed by atoms with Gasteiger partial charge in [-0.3, -0.25) is 14.4 Å². The molecule has 0 aliphatic carbocycles. The second-order valence-corrected chi connectivity index (χ2v) is 10.9. The average molecular weight is 647 g/mol. The van der Waals surface area contributed by atoms with E-state index in [9.17, 15) is 34.5 Å². The average Bonchev–Trinajstić information content (AvgIpc) is 2.95. The fourth-order valence-electron chi connectivity index (χ4n) is 4.19. The molecule has 0 bridgehead atoms. The third kappa shape index (κ3) is 25.4. The van der Waals surface area contributed by atoms with E-state index in [4.69, 9.17) is 14.9 Å². The molecule has 5 N–H and O–H groups in total. The van der Waals surface area contributed by atoms with Crippen molar-refractivity contribution in [3.05, 3.63) is 0 Å². The van der Waals surface area contributed by atoms with Crippen molar-refractivity contribution in [2.45, 2.75) is 140 Å². The van der Waals surface area contributed by atoms with Gasteiger partial charge in [-0.1, -0.05) is 96.8 Å². The molecule has 3 unspecified atom stereocenters. The van der Waals surface area contributed by atoms with E-state index < -0.39 is 81.0 Å². The van der Waals surface area contributed by atoms with Crippen molar-refractivity contribution in [3.63, 3.8) is 0 Å². The number of carbonyl (C=O) groups is 4. The molecule has 0 amide bonds. The van der Waals surface area contributed by atoms with Gasteiger partial charge in [-0.2, -0.15) is 0 Å². The summed E-state index contributed by atoms with van der Waals surface area (Å²) < 4.78 is 14.0. The minimum atomic E-state index is -2.80. The number of unbranched alkanes of at least 4 members (excludes halogenated alkanes) is 14. The second kappa shape index (κ2) is 29.0. The van der Waals surface area contributed by atoms with Crippen LogP contribution in [0.1, 0.15) is 122 Å². The van der Waals surface area contributed by atoms with Crippen LogP contribution >= 0.6 is 0 Å². The number of aliphatic hydroxyl groups is 5. The molecule has 0 radical (unpaired) electrons. The van der Waals surface area contributed by atoms with Crippen molar-refractivity contribution in [1.29, 1.82) is 0 Å². The molecule has 248 valence electrons. The summed E-state index contributed by atoms with van der Waals surface area (Å²) in [6, 6.07) is 0. The summed E-state index contributed by atoms with van der Waals surface area (Å²) in [5.41, 5.74) is -2.80. The number of rotatable bonds is 27. The van der Waals surface area contributed by atoms with E-state index >= 15 is 0 Å². The molecule has 0 aliphatic rings. The van der Waals surface area contributed by atoms with E-state index in [1.807, 2.05) is 0 Å². The third-order valence-electron chi connectivity index (χ3n) is 6.73. The molecule has 0 aromatic rings. The summed E-state index contributed by atoms with van der Waals surface area (Å²) in [7, 11) is 0. The molecule has 0 aliphatic heterocycles. The van der Waals surface area contributed by atoms with E-state index in [1.54, 1.807) is 0 Å². The molecule has 13 heteroatoms. The van der Waals surface area contributed by atoms with E-state index in [0.717, 1.165) is 25.7 Å². The van der Waals surface area contributed by atoms with Crippen molar-refractivity contribution in [2.24, 2.45) is 0 Å². The van der Waals surface area contributed by atoms with Gasteiger partial charge in [0.05, 0.1) is 26.1 Å². The number of hydrogen-bond acceptors (Lipinski definition) is 12. The molecule has 0 spiro atoms. The second-order valence-electron chi connectivity index (χ2n) is 10.9. The van der Waals surface area contributed by atoms with Crippen LogP contribution in [0.15, 0.2) is 0 Å². The van der Waals surface area contributed by atoms with Crippen molar-refractivity contribution in [3.8, 4) is 0 Å². The van der Waals surface area contributed by atoms with Gasteiger partial charge in [-0.05, 0) is 6.42 Å². The quantitative estimate of drug-likeness (QED) is 0.0286. The first-order valence-corrected chi connectivity index (χ1v) is 15.4. The normalized spacial score (nSPS) is 13.7. The van der Waals surface area contributed by atoms with Crippen LogP contribution in [-0.2, 0) is 33.4 Å². The number of ether oxygens (including phenoxy) is 3. The van der Waals surface area contributed by atoms with Gasteiger partial charge in [-0.15, -0.1) is 0 Å². The van der Waals surface area contributed by atoms with E-state index in [0.29, 0.717) is 6.42 Å². The monoisotopic (exact) mass is 646 g/mol. The van der Waals surface area contributed by atoms with Gasteiger partial charge in [0.15, 0.2) is 5.60 Å². The molecular formula is C30H55KO12. The molecule has 0 saturated heterocycles. The molecule has 0 rings (SSSR count). The maximum atomic E-state index is 12.4. The van der Waals surface area contributed by atoms with Crippen LogP contribution in [0.5, 0.6) is 0 Å². The van der Waals surface area contributed by atoms with Crippen LogP contribution in [0.25, 0.3) is 0 Å². The van der Waals surface area contributed by atoms with Gasteiger partial charge in [0.2, 0.25) is 0 Å². The predicted molar refractivity (Wildman–Crippen MR) is 160 cm³/mol. The Morgan fingerprint density at radius 1 is 0.605 bits per heavy atom. The SMILES string of the molecule is CCCCCCCCCCCCCCCCCC(=O)OC(=O)CC(O)(CC(=O)OCC(O)CO)C(=O)OCC(O)CO.[KH]. The third-order valence-corrected chi connectivity index (χ3v) is 6.73. The molecule has 3 atom stereocenters. The fourth-order valence-corrected chi connectivity index (χ4v) is 4.19. The molecule has 0 aromatic heterocycles. The fraction of sp³-hybridized carbons (Fsp3) is 0.867. The first-order chi connectivity index (χ1) is 20.1. The van der Waals surface area contributed by atoms with Crippen LogP contribution in [0.3, 0.4) is 0 Å². The zero-order chi connectivity index (χ0) is 31.6. The Hall–Kier alpha value is -0.484. The van der Waals surface area contributed by atoms with Crippen molar-refractivity contribution in [1.82, 2.24) is 0 Å². The van der Waals surface area contributed by atoms with Crippen LogP contribution in [0, 0.1) is 0 Å². The first-order valence-electron chi connectivity index (χ1n) is 15.4. The van der Waals surface area contributed by atoms with Crippen molar-refractivity contribution in [2.75, 3.05) is 26.4 Å². The summed E-state index contributed by atoms with van der Waals surface area (Å²) in [5, 5.41) is 47.0. The number of aliphatic hydroxyl groups excluding tert-OH is 4. The van der Waals surface area contributed by atoms with Crippen molar-refractivity contribution >= 4 is 75.3 Å². The summed E-state index contributed by atoms with van der Waals surface area (Å²) in [5.74, 6) is -4.80. The van der Waals surface area contributed by atoms with E-state index in [-0.39, 0.29) is 57.8 Å². The van der Waals surface area contributed by atoms with Gasteiger partial charge < -0.3 is 39.7 Å². The predicted octanol–water partition coefficient (Wildman–Crippen LogP) is 1.97. The van der Waals surface area contributed by atoms with Gasteiger partial charge in [0, 0.05) is 6.42 Å². The van der Waals surface area contributed by atoms with Crippen LogP contribution in [-0.4, -0.2) is 145 Å². The molecule has 0 aromatic carbocycles. The van der Waals surface area contributed by atoms with Gasteiger partial charge in [0.25, 0.3) is 0 Å². The number of esters is 4. The van der Waals surface area contributed by atoms with Gasteiger partial charge in [-0.25, -0.2) is 4.79 Å². The summed E-state index contributed by atoms with van der Waals surface area (Å²) >= 11 is 0. The van der Waals surface area contributed by atoms with Crippen molar-refractivity contribution < 1.29 is 58.9 Å². The van der Waals surface area contributed by atoms with Crippen LogP contribution < -0.4 is 0 Å². The maximum absolute atomic E-state index is 12.4. The Morgan fingerprint density at radius 2 is 1.00 bits per heavy atom. The zero-order valence-electron chi connectivity index (χ0n) is 25.3. The Kier molecular flexibility index (Phi) is 30.1. The molecule has 12 nitrogen and oxygen atoms in total. The molecule has 0 heterocycles. The molecular weight excluding hydrogens is 591 g/mol. The number of carbonyl (C=O) groups excluding carboxylic acids is 4.